The van der Waals surface area contributed by atoms with Crippen molar-refractivity contribution in [3.8, 4) is 0 Å². The van der Waals surface area contributed by atoms with Crippen LogP contribution in [-0.4, -0.2) is 21.0 Å². The number of aromatic nitrogens is 2. The molecule has 6 heteroatoms. The average Bonchev–Trinajstić information content (AvgIpc) is 2.36. The molecule has 0 saturated carbocycles. The predicted molar refractivity (Wildman–Crippen MR) is 74.1 cm³/mol. The Kier molecular flexibility index (Phi) is 4.01. The first-order valence-electron chi connectivity index (χ1n) is 5.60. The van der Waals surface area contributed by atoms with Crippen molar-refractivity contribution in [2.24, 2.45) is 0 Å². The Hall–Kier alpha value is -2.08. The minimum atomic E-state index is -1.12. The van der Waals surface area contributed by atoms with Crippen molar-refractivity contribution in [1.82, 2.24) is 9.97 Å². The third-order valence-corrected chi connectivity index (χ3v) is 3.45. The lowest BCUT2D eigenvalue weighted by Gasteiger charge is -2.04. The fraction of sp³-hybridized carbons (Fsp3) is 0.154. The maximum atomic E-state index is 10.8. The largest absolute Gasteiger partial charge is 0.477 e. The molecule has 0 aliphatic heterocycles. The Morgan fingerprint density at radius 1 is 1.47 bits per heavy atom. The number of nitrogen functional groups attached to an aromatic ring is 1. The fourth-order valence-corrected chi connectivity index (χ4v) is 2.40. The van der Waals surface area contributed by atoms with Crippen molar-refractivity contribution >= 4 is 23.5 Å². The van der Waals surface area contributed by atoms with Crippen LogP contribution >= 0.6 is 11.8 Å². The SMILES string of the molecule is Cc1cccc(SCc2ncc(C(=O)O)c(N)n2)c1. The molecule has 2 rings (SSSR count). The number of rotatable bonds is 4. The predicted octanol–water partition coefficient (Wildman–Crippen LogP) is 2.36. The second kappa shape index (κ2) is 5.71. The first-order chi connectivity index (χ1) is 9.06. The van der Waals surface area contributed by atoms with Crippen LogP contribution in [0.25, 0.3) is 0 Å². The van der Waals surface area contributed by atoms with Gasteiger partial charge < -0.3 is 10.8 Å². The Morgan fingerprint density at radius 3 is 2.89 bits per heavy atom. The van der Waals surface area contributed by atoms with Gasteiger partial charge in [-0.3, -0.25) is 0 Å². The maximum Gasteiger partial charge on any atom is 0.341 e. The number of thioether (sulfide) groups is 1. The summed E-state index contributed by atoms with van der Waals surface area (Å²) >= 11 is 1.58. The highest BCUT2D eigenvalue weighted by Gasteiger charge is 2.10. The summed E-state index contributed by atoms with van der Waals surface area (Å²) in [6.07, 6.45) is 1.25. The second-order valence-corrected chi connectivity index (χ2v) is 5.04. The zero-order valence-corrected chi connectivity index (χ0v) is 11.1. The monoisotopic (exact) mass is 275 g/mol. The van der Waals surface area contributed by atoms with Crippen LogP contribution in [0.4, 0.5) is 5.82 Å². The highest BCUT2D eigenvalue weighted by Crippen LogP contribution is 2.22. The average molecular weight is 275 g/mol. The van der Waals surface area contributed by atoms with E-state index in [1.165, 1.54) is 11.8 Å². The number of benzene rings is 1. The van der Waals surface area contributed by atoms with E-state index in [2.05, 4.69) is 16.0 Å². The zero-order valence-electron chi connectivity index (χ0n) is 10.3. The summed E-state index contributed by atoms with van der Waals surface area (Å²) in [5.41, 5.74) is 6.70. The number of anilines is 1. The van der Waals surface area contributed by atoms with Crippen molar-refractivity contribution < 1.29 is 9.90 Å². The zero-order chi connectivity index (χ0) is 13.8. The first kappa shape index (κ1) is 13.4. The number of nitrogens with two attached hydrogens (primary N) is 1. The molecule has 2 aromatic rings. The van der Waals surface area contributed by atoms with Gasteiger partial charge in [0.05, 0.1) is 5.75 Å². The van der Waals surface area contributed by atoms with Crippen LogP contribution in [0.1, 0.15) is 21.7 Å². The highest BCUT2D eigenvalue weighted by molar-refractivity contribution is 7.98. The van der Waals surface area contributed by atoms with Gasteiger partial charge in [0.2, 0.25) is 0 Å². The number of carboxylic acid groups (broad SMARTS) is 1. The van der Waals surface area contributed by atoms with Gasteiger partial charge in [0.15, 0.2) is 0 Å². The van der Waals surface area contributed by atoms with Gasteiger partial charge in [0, 0.05) is 11.1 Å². The van der Waals surface area contributed by atoms with Gasteiger partial charge >= 0.3 is 5.97 Å². The van der Waals surface area contributed by atoms with Crippen LogP contribution in [-0.2, 0) is 5.75 Å². The summed E-state index contributed by atoms with van der Waals surface area (Å²) in [6, 6.07) is 8.09. The molecule has 0 aliphatic rings. The molecule has 0 bridgehead atoms. The molecule has 98 valence electrons. The number of carbonyl (C=O) groups is 1. The number of aryl methyl sites for hydroxylation is 1. The molecule has 0 amide bonds. The van der Waals surface area contributed by atoms with E-state index in [-0.39, 0.29) is 11.4 Å². The summed E-state index contributed by atoms with van der Waals surface area (Å²) < 4.78 is 0. The molecule has 0 fully saturated rings. The third kappa shape index (κ3) is 3.45. The lowest BCUT2D eigenvalue weighted by molar-refractivity contribution is 0.0697. The Bertz CT molecular complexity index is 617. The minimum absolute atomic E-state index is 0.00217. The molecule has 0 unspecified atom stereocenters. The fourth-order valence-electron chi connectivity index (χ4n) is 1.52. The third-order valence-electron chi connectivity index (χ3n) is 2.46. The number of nitrogens with zero attached hydrogens (tertiary/aromatic N) is 2. The van der Waals surface area contributed by atoms with E-state index in [1.807, 2.05) is 25.1 Å². The van der Waals surface area contributed by atoms with Gasteiger partial charge in [-0.1, -0.05) is 17.7 Å². The normalized spacial score (nSPS) is 10.4. The topological polar surface area (TPSA) is 89.1 Å². The summed E-state index contributed by atoms with van der Waals surface area (Å²) in [5, 5.41) is 8.83. The molecule has 5 nitrogen and oxygen atoms in total. The Balaban J connectivity index is 2.08. The van der Waals surface area contributed by atoms with Crippen LogP contribution in [0.3, 0.4) is 0 Å². The van der Waals surface area contributed by atoms with Crippen LogP contribution in [0.2, 0.25) is 0 Å². The number of hydrogen-bond acceptors (Lipinski definition) is 5. The smallest absolute Gasteiger partial charge is 0.341 e. The van der Waals surface area contributed by atoms with Gasteiger partial charge in [-0.15, -0.1) is 11.8 Å². The lowest BCUT2D eigenvalue weighted by Crippen LogP contribution is -2.07. The van der Waals surface area contributed by atoms with E-state index in [4.69, 9.17) is 10.8 Å². The van der Waals surface area contributed by atoms with E-state index in [0.717, 1.165) is 4.90 Å². The summed E-state index contributed by atoms with van der Waals surface area (Å²) in [4.78, 5) is 19.9. The Morgan fingerprint density at radius 2 is 2.26 bits per heavy atom. The molecular weight excluding hydrogens is 262 g/mol. The van der Waals surface area contributed by atoms with Crippen molar-refractivity contribution in [1.29, 1.82) is 0 Å². The summed E-state index contributed by atoms with van der Waals surface area (Å²) in [7, 11) is 0. The molecule has 1 aromatic carbocycles. The molecule has 1 aromatic heterocycles. The van der Waals surface area contributed by atoms with Crippen molar-refractivity contribution in [2.45, 2.75) is 17.6 Å². The van der Waals surface area contributed by atoms with Gasteiger partial charge in [0.25, 0.3) is 0 Å². The van der Waals surface area contributed by atoms with Crippen molar-refractivity contribution in [2.75, 3.05) is 5.73 Å². The van der Waals surface area contributed by atoms with Crippen LogP contribution < -0.4 is 5.73 Å². The number of carboxylic acids is 1. The first-order valence-corrected chi connectivity index (χ1v) is 6.59. The van der Waals surface area contributed by atoms with Gasteiger partial charge in [0.1, 0.15) is 17.2 Å². The molecule has 0 spiro atoms. The quantitative estimate of drug-likeness (QED) is 0.833. The Labute approximate surface area is 114 Å². The second-order valence-electron chi connectivity index (χ2n) is 4.00. The lowest BCUT2D eigenvalue weighted by atomic mass is 10.2. The van der Waals surface area contributed by atoms with Crippen LogP contribution in [0, 0.1) is 6.92 Å². The molecular formula is C13H13N3O2S. The molecule has 3 N–H and O–H groups in total. The molecule has 0 radical (unpaired) electrons. The van der Waals surface area contributed by atoms with Crippen LogP contribution in [0.5, 0.6) is 0 Å². The number of aromatic carboxylic acids is 1. The van der Waals surface area contributed by atoms with E-state index in [1.54, 1.807) is 11.8 Å². The highest BCUT2D eigenvalue weighted by atomic mass is 32.2. The van der Waals surface area contributed by atoms with E-state index >= 15 is 0 Å². The molecule has 0 aliphatic carbocycles. The van der Waals surface area contributed by atoms with E-state index in [0.29, 0.717) is 11.6 Å². The maximum absolute atomic E-state index is 10.8. The van der Waals surface area contributed by atoms with Gasteiger partial charge in [-0.05, 0) is 19.1 Å². The molecule has 0 atom stereocenters. The summed E-state index contributed by atoms with van der Waals surface area (Å²) in [6.45, 7) is 2.03. The molecule has 0 saturated heterocycles. The minimum Gasteiger partial charge on any atom is -0.477 e. The van der Waals surface area contributed by atoms with Crippen molar-refractivity contribution in [3.63, 3.8) is 0 Å². The summed E-state index contributed by atoms with van der Waals surface area (Å²) in [5.74, 6) is -0.0418. The molecule has 19 heavy (non-hydrogen) atoms. The van der Waals surface area contributed by atoms with Crippen molar-refractivity contribution in [3.05, 3.63) is 47.4 Å². The van der Waals surface area contributed by atoms with E-state index < -0.39 is 5.97 Å². The van der Waals surface area contributed by atoms with E-state index in [9.17, 15) is 4.79 Å². The number of hydrogen-bond donors (Lipinski definition) is 2. The van der Waals surface area contributed by atoms with Gasteiger partial charge in [-0.25, -0.2) is 14.8 Å². The van der Waals surface area contributed by atoms with Crippen LogP contribution in [0.15, 0.2) is 35.4 Å². The molecule has 1 heterocycles. The standard InChI is InChI=1S/C13H13N3O2S/c1-8-3-2-4-9(5-8)19-7-11-15-6-10(13(17)18)12(14)16-11/h2-6H,7H2,1H3,(H,17,18)(H2,14,15,16). The van der Waals surface area contributed by atoms with Gasteiger partial charge in [-0.2, -0.15) is 0 Å².